The highest BCUT2D eigenvalue weighted by molar-refractivity contribution is 5.81. The Morgan fingerprint density at radius 2 is 2.12 bits per heavy atom. The molecule has 90 valence electrons. The Morgan fingerprint density at radius 1 is 1.44 bits per heavy atom. The molecule has 0 spiro atoms. The largest absolute Gasteiger partial charge is 0.481 e. The summed E-state index contributed by atoms with van der Waals surface area (Å²) in [6.07, 6.45) is 3.76. The van der Waals surface area contributed by atoms with Crippen molar-refractivity contribution in [1.29, 1.82) is 0 Å². The van der Waals surface area contributed by atoms with Crippen molar-refractivity contribution in [2.45, 2.75) is 32.6 Å². The van der Waals surface area contributed by atoms with E-state index in [1.807, 2.05) is 6.92 Å². The Labute approximate surface area is 95.4 Å². The normalized spacial score (nSPS) is 29.6. The summed E-state index contributed by atoms with van der Waals surface area (Å²) in [5, 5.41) is 11.4. The zero-order valence-corrected chi connectivity index (χ0v) is 9.61. The molecule has 2 fully saturated rings. The third kappa shape index (κ3) is 2.97. The second-order valence-electron chi connectivity index (χ2n) is 5.29. The monoisotopic (exact) mass is 225 g/mol. The summed E-state index contributed by atoms with van der Waals surface area (Å²) in [6.45, 7) is 2.33. The van der Waals surface area contributed by atoms with Gasteiger partial charge in [0.15, 0.2) is 0 Å². The minimum absolute atomic E-state index is 0.0135. The van der Waals surface area contributed by atoms with Crippen molar-refractivity contribution in [3.05, 3.63) is 0 Å². The van der Waals surface area contributed by atoms with E-state index in [0.717, 1.165) is 12.3 Å². The van der Waals surface area contributed by atoms with Crippen molar-refractivity contribution >= 4 is 11.9 Å². The Balaban J connectivity index is 1.62. The number of aliphatic carboxylic acids is 1. The Morgan fingerprint density at radius 3 is 2.69 bits per heavy atom. The van der Waals surface area contributed by atoms with Gasteiger partial charge >= 0.3 is 5.97 Å². The average Bonchev–Trinajstić information content (AvgIpc) is 2.98. The van der Waals surface area contributed by atoms with Gasteiger partial charge in [-0.25, -0.2) is 0 Å². The molecule has 0 radical (unpaired) electrons. The molecule has 0 saturated heterocycles. The van der Waals surface area contributed by atoms with Crippen molar-refractivity contribution in [1.82, 2.24) is 5.32 Å². The van der Waals surface area contributed by atoms with Crippen LogP contribution in [0.2, 0.25) is 0 Å². The first kappa shape index (κ1) is 11.4. The molecule has 16 heavy (non-hydrogen) atoms. The number of hydrogen-bond donors (Lipinski definition) is 2. The fourth-order valence-electron chi connectivity index (χ4n) is 2.34. The van der Waals surface area contributed by atoms with E-state index in [9.17, 15) is 9.59 Å². The number of carboxylic acids is 1. The minimum atomic E-state index is -0.802. The topological polar surface area (TPSA) is 66.4 Å². The van der Waals surface area contributed by atoms with Crippen LogP contribution in [0, 0.1) is 23.7 Å². The van der Waals surface area contributed by atoms with E-state index in [1.165, 1.54) is 12.8 Å². The van der Waals surface area contributed by atoms with E-state index in [2.05, 4.69) is 5.32 Å². The highest BCUT2D eigenvalue weighted by Crippen LogP contribution is 2.54. The van der Waals surface area contributed by atoms with E-state index in [4.69, 9.17) is 5.11 Å². The molecule has 3 atom stereocenters. The lowest BCUT2D eigenvalue weighted by atomic mass is 10.1. The Kier molecular flexibility index (Phi) is 3.17. The number of carbonyl (C=O) groups excluding carboxylic acids is 1. The number of nitrogens with one attached hydrogen (secondary N) is 1. The molecular weight excluding hydrogens is 206 g/mol. The summed E-state index contributed by atoms with van der Waals surface area (Å²) < 4.78 is 0. The number of hydrogen-bond acceptors (Lipinski definition) is 2. The van der Waals surface area contributed by atoms with Gasteiger partial charge in [-0.3, -0.25) is 9.59 Å². The molecule has 4 nitrogen and oxygen atoms in total. The van der Waals surface area contributed by atoms with Crippen LogP contribution >= 0.6 is 0 Å². The standard InChI is InChI=1S/C12H19NO3/c1-7(4-11(14)15)6-13-12(16)10-5-9(10)8-2-3-8/h7-10H,2-6H2,1H3,(H,13,16)(H,14,15). The van der Waals surface area contributed by atoms with Crippen molar-refractivity contribution in [2.24, 2.45) is 23.7 Å². The molecule has 0 aliphatic heterocycles. The molecule has 0 aromatic heterocycles. The molecule has 2 aliphatic carbocycles. The van der Waals surface area contributed by atoms with E-state index in [0.29, 0.717) is 12.5 Å². The molecule has 0 heterocycles. The second kappa shape index (κ2) is 4.44. The van der Waals surface area contributed by atoms with Gasteiger partial charge in [0.2, 0.25) is 5.91 Å². The van der Waals surface area contributed by atoms with Crippen LogP contribution in [0.15, 0.2) is 0 Å². The maximum absolute atomic E-state index is 11.7. The van der Waals surface area contributed by atoms with Crippen molar-refractivity contribution < 1.29 is 14.7 Å². The van der Waals surface area contributed by atoms with Gasteiger partial charge < -0.3 is 10.4 Å². The van der Waals surface area contributed by atoms with Crippen molar-refractivity contribution in [3.63, 3.8) is 0 Å². The van der Waals surface area contributed by atoms with Gasteiger partial charge in [-0.1, -0.05) is 6.92 Å². The number of carbonyl (C=O) groups is 2. The quantitative estimate of drug-likeness (QED) is 0.715. The van der Waals surface area contributed by atoms with Crippen LogP contribution < -0.4 is 5.32 Å². The van der Waals surface area contributed by atoms with E-state index in [1.54, 1.807) is 0 Å². The lowest BCUT2D eigenvalue weighted by molar-refractivity contribution is -0.138. The van der Waals surface area contributed by atoms with Gasteiger partial charge in [-0.2, -0.15) is 0 Å². The van der Waals surface area contributed by atoms with Crippen LogP contribution in [-0.2, 0) is 9.59 Å². The molecule has 2 aliphatic rings. The molecule has 2 saturated carbocycles. The molecule has 2 rings (SSSR count). The molecule has 0 aromatic rings. The molecule has 1 amide bonds. The molecule has 2 N–H and O–H groups in total. The molecule has 0 bridgehead atoms. The van der Waals surface area contributed by atoms with Gasteiger partial charge in [0, 0.05) is 18.9 Å². The van der Waals surface area contributed by atoms with Crippen LogP contribution in [-0.4, -0.2) is 23.5 Å². The summed E-state index contributed by atoms with van der Waals surface area (Å²) in [5.41, 5.74) is 0. The maximum atomic E-state index is 11.7. The van der Waals surface area contributed by atoms with Crippen LogP contribution in [0.1, 0.15) is 32.6 Å². The van der Waals surface area contributed by atoms with Crippen LogP contribution in [0.5, 0.6) is 0 Å². The van der Waals surface area contributed by atoms with E-state index < -0.39 is 5.97 Å². The average molecular weight is 225 g/mol. The van der Waals surface area contributed by atoms with Crippen LogP contribution in [0.3, 0.4) is 0 Å². The third-order valence-corrected chi connectivity index (χ3v) is 3.55. The molecule has 3 unspecified atom stereocenters. The predicted octanol–water partition coefficient (Wildman–Crippen LogP) is 1.26. The van der Waals surface area contributed by atoms with Gasteiger partial charge in [0.1, 0.15) is 0 Å². The van der Waals surface area contributed by atoms with Gasteiger partial charge in [-0.15, -0.1) is 0 Å². The van der Waals surface area contributed by atoms with E-state index in [-0.39, 0.29) is 24.2 Å². The SMILES string of the molecule is CC(CNC(=O)C1CC1C1CC1)CC(=O)O. The zero-order valence-electron chi connectivity index (χ0n) is 9.61. The highest BCUT2D eigenvalue weighted by Gasteiger charge is 2.50. The third-order valence-electron chi connectivity index (χ3n) is 3.55. The lowest BCUT2D eigenvalue weighted by Crippen LogP contribution is -2.30. The molecular formula is C12H19NO3. The van der Waals surface area contributed by atoms with Crippen molar-refractivity contribution in [2.75, 3.05) is 6.54 Å². The van der Waals surface area contributed by atoms with Gasteiger partial charge in [0.25, 0.3) is 0 Å². The zero-order chi connectivity index (χ0) is 11.7. The summed E-state index contributed by atoms with van der Waals surface area (Å²) in [6, 6.07) is 0. The Hall–Kier alpha value is -1.06. The first-order valence-corrected chi connectivity index (χ1v) is 6.07. The summed E-state index contributed by atoms with van der Waals surface area (Å²) in [4.78, 5) is 22.1. The number of rotatable bonds is 6. The number of amides is 1. The lowest BCUT2D eigenvalue weighted by Gasteiger charge is -2.10. The molecule has 4 heteroatoms. The van der Waals surface area contributed by atoms with Crippen LogP contribution in [0.4, 0.5) is 0 Å². The fraction of sp³-hybridized carbons (Fsp3) is 0.833. The van der Waals surface area contributed by atoms with Crippen molar-refractivity contribution in [3.8, 4) is 0 Å². The van der Waals surface area contributed by atoms with Gasteiger partial charge in [0.05, 0.1) is 0 Å². The minimum Gasteiger partial charge on any atom is -0.481 e. The highest BCUT2D eigenvalue weighted by atomic mass is 16.4. The van der Waals surface area contributed by atoms with E-state index >= 15 is 0 Å². The second-order valence-corrected chi connectivity index (χ2v) is 5.29. The first-order chi connectivity index (χ1) is 7.58. The summed E-state index contributed by atoms with van der Waals surface area (Å²) >= 11 is 0. The fourth-order valence-corrected chi connectivity index (χ4v) is 2.34. The smallest absolute Gasteiger partial charge is 0.303 e. The Bertz CT molecular complexity index is 299. The van der Waals surface area contributed by atoms with Gasteiger partial charge in [-0.05, 0) is 37.0 Å². The first-order valence-electron chi connectivity index (χ1n) is 6.07. The predicted molar refractivity (Wildman–Crippen MR) is 58.7 cm³/mol. The maximum Gasteiger partial charge on any atom is 0.303 e. The molecule has 0 aromatic carbocycles. The van der Waals surface area contributed by atoms with Crippen LogP contribution in [0.25, 0.3) is 0 Å². The summed E-state index contributed by atoms with van der Waals surface area (Å²) in [5.74, 6) is 1.02. The summed E-state index contributed by atoms with van der Waals surface area (Å²) in [7, 11) is 0. The number of carboxylic acid groups (broad SMARTS) is 1.